The molecule has 0 radical (unpaired) electrons. The quantitative estimate of drug-likeness (QED) is 0.862. The maximum absolute atomic E-state index is 11.0. The van der Waals surface area contributed by atoms with Gasteiger partial charge in [0.2, 0.25) is 5.09 Å². The summed E-state index contributed by atoms with van der Waals surface area (Å²) in [5.74, 6) is 0.516. The van der Waals surface area contributed by atoms with Crippen molar-refractivity contribution < 1.29 is 12.8 Å². The van der Waals surface area contributed by atoms with Crippen molar-refractivity contribution in [2.24, 2.45) is 5.14 Å². The van der Waals surface area contributed by atoms with E-state index < -0.39 is 10.0 Å². The van der Waals surface area contributed by atoms with Crippen LogP contribution in [0.25, 0.3) is 0 Å². The second-order valence-corrected chi connectivity index (χ2v) is 6.16. The number of thiazole rings is 1. The van der Waals surface area contributed by atoms with Gasteiger partial charge in [-0.05, 0) is 19.1 Å². The lowest BCUT2D eigenvalue weighted by atomic mass is 10.3. The Hall–Kier alpha value is -1.22. The molecule has 2 heterocycles. The minimum atomic E-state index is -3.77. The molecule has 0 aromatic carbocycles. The third-order valence-electron chi connectivity index (χ3n) is 2.32. The van der Waals surface area contributed by atoms with Gasteiger partial charge in [-0.25, -0.2) is 18.5 Å². The van der Waals surface area contributed by atoms with E-state index >= 15 is 0 Å². The molecule has 1 unspecified atom stereocenters. The third-order valence-corrected chi connectivity index (χ3v) is 4.06. The van der Waals surface area contributed by atoms with Gasteiger partial charge < -0.3 is 9.73 Å². The van der Waals surface area contributed by atoms with E-state index in [0.29, 0.717) is 12.3 Å². The van der Waals surface area contributed by atoms with Crippen molar-refractivity contribution in [3.8, 4) is 0 Å². The summed E-state index contributed by atoms with van der Waals surface area (Å²) in [6.07, 6.45) is 1.74. The molecule has 6 nitrogen and oxygen atoms in total. The number of nitrogens with zero attached hydrogens (tertiary/aromatic N) is 1. The molecule has 8 heteroatoms. The average molecular weight is 287 g/mol. The van der Waals surface area contributed by atoms with Crippen molar-refractivity contribution in [2.45, 2.75) is 24.6 Å². The molecule has 18 heavy (non-hydrogen) atoms. The van der Waals surface area contributed by atoms with Crippen LogP contribution in [0.5, 0.6) is 0 Å². The molecular formula is C10H13N3O3S2. The van der Waals surface area contributed by atoms with Crippen LogP contribution >= 0.6 is 11.3 Å². The number of sulfonamides is 1. The molecule has 2 aromatic rings. The van der Waals surface area contributed by atoms with Crippen LogP contribution in [0.2, 0.25) is 0 Å². The van der Waals surface area contributed by atoms with Crippen LogP contribution in [0.1, 0.15) is 23.7 Å². The van der Waals surface area contributed by atoms with Crippen molar-refractivity contribution in [3.63, 3.8) is 0 Å². The van der Waals surface area contributed by atoms with E-state index in [9.17, 15) is 8.42 Å². The summed E-state index contributed by atoms with van der Waals surface area (Å²) in [6, 6.07) is 3.01. The Kier molecular flexibility index (Phi) is 3.81. The first kappa shape index (κ1) is 13.2. The number of nitrogens with two attached hydrogens (primary N) is 1. The molecule has 0 saturated heterocycles. The number of nitrogens with one attached hydrogen (secondary N) is 1. The average Bonchev–Trinajstić information content (AvgIpc) is 2.96. The highest BCUT2D eigenvalue weighted by Gasteiger charge is 2.14. The van der Waals surface area contributed by atoms with E-state index in [1.165, 1.54) is 6.07 Å². The highest BCUT2D eigenvalue weighted by atomic mass is 32.2. The third kappa shape index (κ3) is 3.16. The van der Waals surface area contributed by atoms with Crippen molar-refractivity contribution in [2.75, 3.05) is 0 Å². The SMILES string of the molecule is CC(NCc1ccc(S(N)(=O)=O)o1)c1nccs1. The summed E-state index contributed by atoms with van der Waals surface area (Å²) in [7, 11) is -3.77. The summed E-state index contributed by atoms with van der Waals surface area (Å²) in [5, 5.41) is 10.8. The monoisotopic (exact) mass is 287 g/mol. The summed E-state index contributed by atoms with van der Waals surface area (Å²) in [4.78, 5) is 4.18. The summed E-state index contributed by atoms with van der Waals surface area (Å²) in [6.45, 7) is 2.39. The maximum Gasteiger partial charge on any atom is 0.271 e. The Bertz CT molecular complexity index is 604. The lowest BCUT2D eigenvalue weighted by Crippen LogP contribution is -2.17. The maximum atomic E-state index is 11.0. The molecule has 2 aromatic heterocycles. The van der Waals surface area contributed by atoms with Crippen molar-refractivity contribution in [3.05, 3.63) is 34.5 Å². The van der Waals surface area contributed by atoms with Crippen molar-refractivity contribution in [1.82, 2.24) is 10.3 Å². The van der Waals surface area contributed by atoms with Gasteiger partial charge in [-0.15, -0.1) is 11.3 Å². The van der Waals surface area contributed by atoms with E-state index in [0.717, 1.165) is 5.01 Å². The molecule has 1 atom stereocenters. The molecule has 0 saturated carbocycles. The van der Waals surface area contributed by atoms with Crippen LogP contribution in [-0.2, 0) is 16.6 Å². The first-order valence-electron chi connectivity index (χ1n) is 5.21. The van der Waals surface area contributed by atoms with Crippen LogP contribution in [0.15, 0.2) is 33.2 Å². The molecule has 3 N–H and O–H groups in total. The van der Waals surface area contributed by atoms with E-state index in [4.69, 9.17) is 9.56 Å². The lowest BCUT2D eigenvalue weighted by Gasteiger charge is -2.09. The largest absolute Gasteiger partial charge is 0.447 e. The number of hydrogen-bond donors (Lipinski definition) is 2. The second-order valence-electron chi connectivity index (χ2n) is 3.74. The minimum Gasteiger partial charge on any atom is -0.447 e. The fourth-order valence-electron chi connectivity index (χ4n) is 1.40. The smallest absolute Gasteiger partial charge is 0.271 e. The molecule has 0 aliphatic carbocycles. The fourth-order valence-corrected chi connectivity index (χ4v) is 2.55. The summed E-state index contributed by atoms with van der Waals surface area (Å²) >= 11 is 1.56. The van der Waals surface area contributed by atoms with Crippen LogP contribution in [0, 0.1) is 0 Å². The lowest BCUT2D eigenvalue weighted by molar-refractivity contribution is 0.393. The Morgan fingerprint density at radius 2 is 2.33 bits per heavy atom. The summed E-state index contributed by atoms with van der Waals surface area (Å²) in [5.41, 5.74) is 0. The van der Waals surface area contributed by atoms with Crippen LogP contribution in [-0.4, -0.2) is 13.4 Å². The predicted molar refractivity (Wildman–Crippen MR) is 67.4 cm³/mol. The normalized spacial score (nSPS) is 13.7. The fraction of sp³-hybridized carbons (Fsp3) is 0.300. The van der Waals surface area contributed by atoms with Crippen molar-refractivity contribution >= 4 is 21.4 Å². The topological polar surface area (TPSA) is 98.2 Å². The van der Waals surface area contributed by atoms with Gasteiger partial charge in [-0.2, -0.15) is 0 Å². The highest BCUT2D eigenvalue weighted by Crippen LogP contribution is 2.17. The van der Waals surface area contributed by atoms with Crippen LogP contribution in [0.4, 0.5) is 0 Å². The van der Waals surface area contributed by atoms with Crippen molar-refractivity contribution in [1.29, 1.82) is 0 Å². The number of aromatic nitrogens is 1. The van der Waals surface area contributed by atoms with E-state index in [1.54, 1.807) is 23.6 Å². The zero-order valence-electron chi connectivity index (χ0n) is 9.66. The number of hydrogen-bond acceptors (Lipinski definition) is 6. The first-order valence-corrected chi connectivity index (χ1v) is 7.63. The summed E-state index contributed by atoms with van der Waals surface area (Å²) < 4.78 is 27.2. The Balaban J connectivity index is 1.97. The Morgan fingerprint density at radius 1 is 1.56 bits per heavy atom. The molecule has 0 spiro atoms. The molecular weight excluding hydrogens is 274 g/mol. The highest BCUT2D eigenvalue weighted by molar-refractivity contribution is 7.89. The van der Waals surface area contributed by atoms with Gasteiger partial charge in [-0.3, -0.25) is 0 Å². The van der Waals surface area contributed by atoms with Gasteiger partial charge in [0.15, 0.2) is 0 Å². The molecule has 0 aliphatic rings. The Morgan fingerprint density at radius 3 is 2.89 bits per heavy atom. The van der Waals surface area contributed by atoms with E-state index in [-0.39, 0.29) is 11.1 Å². The van der Waals surface area contributed by atoms with Gasteiger partial charge in [0, 0.05) is 11.6 Å². The molecule has 2 rings (SSSR count). The second kappa shape index (κ2) is 5.19. The number of primary sulfonamides is 1. The van der Waals surface area contributed by atoms with Crippen LogP contribution < -0.4 is 10.5 Å². The first-order chi connectivity index (χ1) is 8.47. The van der Waals surface area contributed by atoms with Gasteiger partial charge in [-0.1, -0.05) is 0 Å². The van der Waals surface area contributed by atoms with Gasteiger partial charge in [0.1, 0.15) is 10.8 Å². The molecule has 0 aliphatic heterocycles. The standard InChI is InChI=1S/C10H13N3O3S2/c1-7(10-12-4-5-17-10)13-6-8-2-3-9(16-8)18(11,14)15/h2-5,7,13H,6H2,1H3,(H2,11,14,15). The molecule has 98 valence electrons. The zero-order chi connectivity index (χ0) is 13.2. The molecule has 0 bridgehead atoms. The van der Waals surface area contributed by atoms with E-state index in [2.05, 4.69) is 10.3 Å². The van der Waals surface area contributed by atoms with Gasteiger partial charge >= 0.3 is 0 Å². The predicted octanol–water partition coefficient (Wildman–Crippen LogP) is 1.23. The molecule has 0 amide bonds. The van der Waals surface area contributed by atoms with Crippen LogP contribution in [0.3, 0.4) is 0 Å². The number of rotatable bonds is 5. The molecule has 0 fully saturated rings. The van der Waals surface area contributed by atoms with Gasteiger partial charge in [0.25, 0.3) is 10.0 Å². The van der Waals surface area contributed by atoms with Gasteiger partial charge in [0.05, 0.1) is 12.6 Å². The zero-order valence-corrected chi connectivity index (χ0v) is 11.3. The Labute approximate surface area is 109 Å². The minimum absolute atomic E-state index is 0.0769. The number of furan rings is 1. The van der Waals surface area contributed by atoms with E-state index in [1.807, 2.05) is 12.3 Å².